The molecule has 4 heteroatoms. The Kier molecular flexibility index (Phi) is 2.32. The molecule has 2 N–H and O–H groups in total. The Hall–Kier alpha value is -1.16. The average molecular weight is 218 g/mol. The number of nitrogens with zero attached hydrogens (tertiary/aromatic N) is 3. The molecule has 1 saturated heterocycles. The molecule has 0 aromatic carbocycles. The second kappa shape index (κ2) is 3.70. The van der Waals surface area contributed by atoms with Gasteiger partial charge in [-0.1, -0.05) is 0 Å². The maximum absolute atomic E-state index is 5.65. The van der Waals surface area contributed by atoms with E-state index in [0.29, 0.717) is 12.6 Å². The van der Waals surface area contributed by atoms with Crippen molar-refractivity contribution in [1.29, 1.82) is 0 Å². The number of rotatable bonds is 2. The zero-order valence-corrected chi connectivity index (χ0v) is 9.69. The number of hydrogen-bond acceptors (Lipinski definition) is 4. The molecule has 16 heavy (non-hydrogen) atoms. The van der Waals surface area contributed by atoms with E-state index in [-0.39, 0.29) is 0 Å². The highest BCUT2D eigenvalue weighted by molar-refractivity contribution is 5.43. The van der Waals surface area contributed by atoms with Crippen LogP contribution in [-0.4, -0.2) is 22.6 Å². The van der Waals surface area contributed by atoms with Crippen LogP contribution in [0.25, 0.3) is 0 Å². The number of aromatic nitrogens is 2. The number of piperidine rings is 1. The van der Waals surface area contributed by atoms with Gasteiger partial charge in [0, 0.05) is 25.2 Å². The number of aryl methyl sites for hydroxylation is 1. The van der Waals surface area contributed by atoms with Gasteiger partial charge >= 0.3 is 0 Å². The zero-order chi connectivity index (χ0) is 11.1. The van der Waals surface area contributed by atoms with Crippen LogP contribution in [0.1, 0.15) is 30.8 Å². The first-order chi connectivity index (χ1) is 7.76. The molecule has 2 fully saturated rings. The van der Waals surface area contributed by atoms with Crippen LogP contribution in [0.3, 0.4) is 0 Å². The van der Waals surface area contributed by atoms with Crippen LogP contribution >= 0.6 is 0 Å². The molecule has 0 radical (unpaired) electrons. The lowest BCUT2D eigenvalue weighted by molar-refractivity contribution is 0.549. The van der Waals surface area contributed by atoms with Crippen molar-refractivity contribution in [2.24, 2.45) is 11.7 Å². The molecule has 3 rings (SSSR count). The van der Waals surface area contributed by atoms with Crippen LogP contribution in [0.5, 0.6) is 0 Å². The van der Waals surface area contributed by atoms with Gasteiger partial charge < -0.3 is 10.6 Å². The van der Waals surface area contributed by atoms with Crippen LogP contribution in [0.15, 0.2) is 6.07 Å². The molecule has 2 bridgehead atoms. The van der Waals surface area contributed by atoms with Crippen LogP contribution in [0, 0.1) is 12.8 Å². The summed E-state index contributed by atoms with van der Waals surface area (Å²) in [5.74, 6) is 2.81. The van der Waals surface area contributed by atoms with E-state index in [1.807, 2.05) is 13.0 Å². The van der Waals surface area contributed by atoms with Gasteiger partial charge in [0.2, 0.25) is 0 Å². The summed E-state index contributed by atoms with van der Waals surface area (Å²) in [5.41, 5.74) is 6.60. The third-order valence-electron chi connectivity index (χ3n) is 3.79. The maximum Gasteiger partial charge on any atom is 0.132 e. The highest BCUT2D eigenvalue weighted by Gasteiger charge is 2.38. The molecule has 0 spiro atoms. The van der Waals surface area contributed by atoms with E-state index >= 15 is 0 Å². The molecule has 86 valence electrons. The second-order valence-corrected chi connectivity index (χ2v) is 4.95. The molecule has 1 aromatic heterocycles. The standard InChI is InChI=1S/C12H18N4/c1-8-14-10(6-13)5-12(15-8)16-7-9-2-3-11(16)4-9/h5,9,11H,2-4,6-7,13H2,1H3/t9-,11-/m1/s1. The first-order valence-electron chi connectivity index (χ1n) is 6.07. The lowest BCUT2D eigenvalue weighted by atomic mass is 10.1. The average Bonchev–Trinajstić information content (AvgIpc) is 2.89. The van der Waals surface area contributed by atoms with Crippen molar-refractivity contribution in [2.45, 2.75) is 38.8 Å². The Morgan fingerprint density at radius 2 is 2.31 bits per heavy atom. The molecule has 1 aliphatic heterocycles. The monoisotopic (exact) mass is 218 g/mol. The molecule has 0 unspecified atom stereocenters. The maximum atomic E-state index is 5.65. The Morgan fingerprint density at radius 3 is 2.94 bits per heavy atom. The summed E-state index contributed by atoms with van der Waals surface area (Å²) in [6, 6.07) is 2.76. The second-order valence-electron chi connectivity index (χ2n) is 4.95. The number of nitrogens with two attached hydrogens (primary N) is 1. The summed E-state index contributed by atoms with van der Waals surface area (Å²) in [5, 5.41) is 0. The van der Waals surface area contributed by atoms with E-state index in [0.717, 1.165) is 23.3 Å². The molecular formula is C12H18N4. The van der Waals surface area contributed by atoms with Crippen molar-refractivity contribution in [3.05, 3.63) is 17.6 Å². The van der Waals surface area contributed by atoms with E-state index in [2.05, 4.69) is 14.9 Å². The van der Waals surface area contributed by atoms with Gasteiger partial charge in [0.05, 0.1) is 5.69 Å². The number of fused-ring (bicyclic) bond motifs is 2. The minimum absolute atomic E-state index is 0.498. The van der Waals surface area contributed by atoms with Gasteiger partial charge in [-0.15, -0.1) is 0 Å². The first-order valence-corrected chi connectivity index (χ1v) is 6.07. The normalized spacial score (nSPS) is 27.8. The quantitative estimate of drug-likeness (QED) is 0.811. The van der Waals surface area contributed by atoms with E-state index in [4.69, 9.17) is 5.73 Å². The van der Waals surface area contributed by atoms with Crippen molar-refractivity contribution in [1.82, 2.24) is 9.97 Å². The lowest BCUT2D eigenvalue weighted by Gasteiger charge is -2.28. The molecular weight excluding hydrogens is 200 g/mol. The first kappa shape index (κ1) is 10.0. The summed E-state index contributed by atoms with van der Waals surface area (Å²) in [6.07, 6.45) is 4.07. The summed E-state index contributed by atoms with van der Waals surface area (Å²) in [4.78, 5) is 11.3. The van der Waals surface area contributed by atoms with Gasteiger partial charge in [-0.3, -0.25) is 0 Å². The van der Waals surface area contributed by atoms with Gasteiger partial charge in [0.15, 0.2) is 0 Å². The van der Waals surface area contributed by atoms with Crippen LogP contribution in [0.4, 0.5) is 5.82 Å². The molecule has 1 saturated carbocycles. The van der Waals surface area contributed by atoms with Crippen LogP contribution < -0.4 is 10.6 Å². The van der Waals surface area contributed by atoms with Crippen molar-refractivity contribution in [2.75, 3.05) is 11.4 Å². The summed E-state index contributed by atoms with van der Waals surface area (Å²) < 4.78 is 0. The predicted octanol–water partition coefficient (Wildman–Crippen LogP) is 1.23. The smallest absolute Gasteiger partial charge is 0.132 e. The zero-order valence-electron chi connectivity index (χ0n) is 9.69. The van der Waals surface area contributed by atoms with Crippen LogP contribution in [0.2, 0.25) is 0 Å². The van der Waals surface area contributed by atoms with E-state index in [1.165, 1.54) is 25.8 Å². The van der Waals surface area contributed by atoms with Gasteiger partial charge in [-0.05, 0) is 32.1 Å². The van der Waals surface area contributed by atoms with Crippen molar-refractivity contribution in [3.8, 4) is 0 Å². The molecule has 1 aromatic rings. The third-order valence-corrected chi connectivity index (χ3v) is 3.79. The highest BCUT2D eigenvalue weighted by atomic mass is 15.3. The minimum atomic E-state index is 0.498. The minimum Gasteiger partial charge on any atom is -0.353 e. The largest absolute Gasteiger partial charge is 0.353 e. The molecule has 0 amide bonds. The van der Waals surface area contributed by atoms with E-state index in [1.54, 1.807) is 0 Å². The topological polar surface area (TPSA) is 55.0 Å². The summed E-state index contributed by atoms with van der Waals surface area (Å²) in [7, 11) is 0. The fourth-order valence-corrected chi connectivity index (χ4v) is 3.07. The SMILES string of the molecule is Cc1nc(CN)cc(N2C[C@@H]3CC[C@@H]2C3)n1. The number of anilines is 1. The van der Waals surface area contributed by atoms with E-state index < -0.39 is 0 Å². The van der Waals surface area contributed by atoms with Crippen molar-refractivity contribution in [3.63, 3.8) is 0 Å². The Morgan fingerprint density at radius 1 is 1.44 bits per heavy atom. The van der Waals surface area contributed by atoms with Crippen molar-refractivity contribution < 1.29 is 0 Å². The van der Waals surface area contributed by atoms with Crippen molar-refractivity contribution >= 4 is 5.82 Å². The van der Waals surface area contributed by atoms with Gasteiger partial charge in [-0.25, -0.2) is 9.97 Å². The summed E-state index contributed by atoms with van der Waals surface area (Å²) in [6.45, 7) is 3.61. The Balaban J connectivity index is 1.91. The number of hydrogen-bond donors (Lipinski definition) is 1. The lowest BCUT2D eigenvalue weighted by Crippen LogP contribution is -2.33. The molecule has 4 nitrogen and oxygen atoms in total. The van der Waals surface area contributed by atoms with Gasteiger partial charge in [-0.2, -0.15) is 0 Å². The van der Waals surface area contributed by atoms with Gasteiger partial charge in [0.25, 0.3) is 0 Å². The fourth-order valence-electron chi connectivity index (χ4n) is 3.07. The van der Waals surface area contributed by atoms with Gasteiger partial charge in [0.1, 0.15) is 11.6 Å². The van der Waals surface area contributed by atoms with Crippen LogP contribution in [-0.2, 0) is 6.54 Å². The third kappa shape index (κ3) is 1.57. The summed E-state index contributed by atoms with van der Waals surface area (Å²) >= 11 is 0. The predicted molar refractivity (Wildman–Crippen MR) is 63.1 cm³/mol. The molecule has 2 atom stereocenters. The molecule has 1 aliphatic carbocycles. The Bertz CT molecular complexity index is 404. The fraction of sp³-hybridized carbons (Fsp3) is 0.667. The Labute approximate surface area is 95.9 Å². The molecule has 2 aliphatic rings. The molecule has 2 heterocycles. The highest BCUT2D eigenvalue weighted by Crippen LogP contribution is 2.39. The van der Waals surface area contributed by atoms with E-state index in [9.17, 15) is 0 Å².